The lowest BCUT2D eigenvalue weighted by Gasteiger charge is -2.31. The molecule has 2 amide bonds. The lowest BCUT2D eigenvalue weighted by Crippen LogP contribution is -2.40. The number of fused-ring (bicyclic) bond motifs is 1. The molecule has 0 unspecified atom stereocenters. The summed E-state index contributed by atoms with van der Waals surface area (Å²) in [5, 5.41) is 7.52. The van der Waals surface area contributed by atoms with Crippen LogP contribution in [0.3, 0.4) is 0 Å². The van der Waals surface area contributed by atoms with E-state index in [0.717, 1.165) is 24.6 Å². The number of primary amides is 1. The van der Waals surface area contributed by atoms with Gasteiger partial charge in [0.25, 0.3) is 11.8 Å². The number of rotatable bonds is 7. The van der Waals surface area contributed by atoms with Crippen LogP contribution in [0.4, 0.5) is 10.1 Å². The van der Waals surface area contributed by atoms with Crippen molar-refractivity contribution in [2.24, 2.45) is 11.7 Å². The number of hydrogen-bond acceptors (Lipinski definition) is 6. The number of hydrogen-bond donors (Lipinski definition) is 2. The highest BCUT2D eigenvalue weighted by atomic mass is 35.5. The minimum absolute atomic E-state index is 0.0664. The van der Waals surface area contributed by atoms with E-state index in [1.54, 1.807) is 13.8 Å². The topological polar surface area (TPSA) is 140 Å². The lowest BCUT2D eigenvalue weighted by atomic mass is 9.98. The molecule has 0 aliphatic carbocycles. The van der Waals surface area contributed by atoms with Gasteiger partial charge in [0.2, 0.25) is 10.0 Å². The molecule has 3 N–H and O–H groups in total. The number of amides is 2. The average molecular weight is 551 g/mol. The molecule has 0 spiro atoms. The van der Waals surface area contributed by atoms with E-state index in [-0.39, 0.29) is 38.9 Å². The first-order chi connectivity index (χ1) is 17.4. The maximum absolute atomic E-state index is 14.0. The number of aryl methyl sites for hydroxylation is 1. The number of nitrogens with zero attached hydrogens (tertiary/aromatic N) is 4. The molecule has 0 atom stereocenters. The number of carbonyl (C=O) groups excluding carboxylic acids is 2. The molecule has 3 aromatic rings. The first-order valence-electron chi connectivity index (χ1n) is 11.8. The Labute approximate surface area is 219 Å². The molecule has 10 nitrogen and oxygen atoms in total. The first kappa shape index (κ1) is 27.0. The van der Waals surface area contributed by atoms with Crippen molar-refractivity contribution in [2.45, 2.75) is 40.2 Å². The van der Waals surface area contributed by atoms with Crippen LogP contribution in [0.5, 0.6) is 0 Å². The van der Waals surface area contributed by atoms with Gasteiger partial charge in [0.1, 0.15) is 11.5 Å². The molecule has 13 heteroatoms. The molecule has 0 bridgehead atoms. The smallest absolute Gasteiger partial charge is 0.267 e. The molecule has 0 radical (unpaired) electrons. The zero-order chi connectivity index (χ0) is 27.1. The Kier molecular flexibility index (Phi) is 7.54. The number of sulfonamides is 1. The van der Waals surface area contributed by atoms with Crippen LogP contribution in [-0.4, -0.2) is 58.1 Å². The Morgan fingerprint density at radius 1 is 1.22 bits per heavy atom. The summed E-state index contributed by atoms with van der Waals surface area (Å²) in [6.07, 6.45) is 1.44. The predicted molar refractivity (Wildman–Crippen MR) is 139 cm³/mol. The van der Waals surface area contributed by atoms with Crippen molar-refractivity contribution in [3.05, 3.63) is 51.7 Å². The molecular formula is C24H28ClFN6O4S. The zero-order valence-electron chi connectivity index (χ0n) is 20.7. The Morgan fingerprint density at radius 3 is 2.51 bits per heavy atom. The van der Waals surface area contributed by atoms with E-state index in [1.807, 2.05) is 11.6 Å². The SMILES string of the molecule is CCS(=O)(=O)N1CCC(Cn2nc(C)c(NC(=O)c3cc(C(N)=O)nc4cc(F)c(Cl)cc34)c2C)CC1. The maximum Gasteiger partial charge on any atom is 0.267 e. The monoisotopic (exact) mass is 550 g/mol. The van der Waals surface area contributed by atoms with Crippen molar-refractivity contribution in [1.29, 1.82) is 0 Å². The lowest BCUT2D eigenvalue weighted by molar-refractivity contribution is 0.0996. The highest BCUT2D eigenvalue weighted by molar-refractivity contribution is 7.89. The van der Waals surface area contributed by atoms with Gasteiger partial charge in [-0.25, -0.2) is 22.1 Å². The van der Waals surface area contributed by atoms with Gasteiger partial charge in [-0.05, 0) is 51.7 Å². The maximum atomic E-state index is 14.0. The Morgan fingerprint density at radius 2 is 1.89 bits per heavy atom. The van der Waals surface area contributed by atoms with Crippen molar-refractivity contribution < 1.29 is 22.4 Å². The largest absolute Gasteiger partial charge is 0.364 e. The van der Waals surface area contributed by atoms with Gasteiger partial charge in [-0.1, -0.05) is 11.6 Å². The van der Waals surface area contributed by atoms with E-state index in [9.17, 15) is 22.4 Å². The fourth-order valence-electron chi connectivity index (χ4n) is 4.57. The third-order valence-corrected chi connectivity index (χ3v) is 8.90. The summed E-state index contributed by atoms with van der Waals surface area (Å²) in [6, 6.07) is 3.58. The van der Waals surface area contributed by atoms with Crippen molar-refractivity contribution in [2.75, 3.05) is 24.2 Å². The number of piperidine rings is 1. The molecule has 1 saturated heterocycles. The van der Waals surface area contributed by atoms with E-state index in [1.165, 1.54) is 16.4 Å². The summed E-state index contributed by atoms with van der Waals surface area (Å²) in [5.74, 6) is -1.82. The summed E-state index contributed by atoms with van der Waals surface area (Å²) in [6.45, 7) is 6.78. The zero-order valence-corrected chi connectivity index (χ0v) is 22.3. The molecule has 0 saturated carbocycles. The third-order valence-electron chi connectivity index (χ3n) is 6.73. The fourth-order valence-corrected chi connectivity index (χ4v) is 5.86. The van der Waals surface area contributed by atoms with Gasteiger partial charge in [-0.2, -0.15) is 5.10 Å². The van der Waals surface area contributed by atoms with Crippen molar-refractivity contribution >= 4 is 50.0 Å². The number of aromatic nitrogens is 3. The molecule has 37 heavy (non-hydrogen) atoms. The van der Waals surface area contributed by atoms with Crippen molar-refractivity contribution in [1.82, 2.24) is 19.1 Å². The first-order valence-corrected chi connectivity index (χ1v) is 13.8. The van der Waals surface area contributed by atoms with Crippen LogP contribution in [0.25, 0.3) is 10.9 Å². The Bertz CT molecular complexity index is 1500. The van der Waals surface area contributed by atoms with Gasteiger partial charge >= 0.3 is 0 Å². The number of nitrogens with two attached hydrogens (primary N) is 1. The van der Waals surface area contributed by atoms with Crippen LogP contribution in [-0.2, 0) is 16.6 Å². The number of nitrogens with one attached hydrogen (secondary N) is 1. The molecule has 1 aliphatic heterocycles. The molecule has 198 valence electrons. The van der Waals surface area contributed by atoms with Crippen LogP contribution < -0.4 is 11.1 Å². The second-order valence-electron chi connectivity index (χ2n) is 9.13. The van der Waals surface area contributed by atoms with E-state index >= 15 is 0 Å². The second kappa shape index (κ2) is 10.3. The average Bonchev–Trinajstić information content (AvgIpc) is 3.11. The van der Waals surface area contributed by atoms with Gasteiger partial charge in [-0.3, -0.25) is 14.3 Å². The number of pyridine rings is 1. The van der Waals surface area contributed by atoms with E-state index < -0.39 is 27.7 Å². The minimum atomic E-state index is -3.20. The van der Waals surface area contributed by atoms with Crippen molar-refractivity contribution in [3.63, 3.8) is 0 Å². The van der Waals surface area contributed by atoms with Crippen molar-refractivity contribution in [3.8, 4) is 0 Å². The number of benzene rings is 1. The molecular weight excluding hydrogens is 523 g/mol. The van der Waals surface area contributed by atoms with E-state index in [2.05, 4.69) is 15.4 Å². The standard InChI is InChI=1S/C24H28ClFN6O4S/c1-4-37(35,36)31-7-5-15(6-8-31)12-32-14(3)22(13(2)30-32)29-24(34)17-10-21(23(27)33)28-20-11-19(26)18(25)9-16(17)20/h9-11,15H,4-8,12H2,1-3H3,(H2,27,33)(H,29,34). The summed E-state index contributed by atoms with van der Waals surface area (Å²) < 4.78 is 41.6. The minimum Gasteiger partial charge on any atom is -0.364 e. The van der Waals surface area contributed by atoms with Gasteiger partial charge in [-0.15, -0.1) is 0 Å². The van der Waals surface area contributed by atoms with Gasteiger partial charge < -0.3 is 11.1 Å². The quantitative estimate of drug-likeness (QED) is 0.462. The van der Waals surface area contributed by atoms with Crippen LogP contribution >= 0.6 is 11.6 Å². The molecule has 1 fully saturated rings. The summed E-state index contributed by atoms with van der Waals surface area (Å²) in [7, 11) is -3.20. The van der Waals surface area contributed by atoms with E-state index in [0.29, 0.717) is 31.0 Å². The van der Waals surface area contributed by atoms with Crippen LogP contribution in [0.1, 0.15) is 52.0 Å². The van der Waals surface area contributed by atoms with E-state index in [4.69, 9.17) is 17.3 Å². The molecule has 2 aromatic heterocycles. The fraction of sp³-hybridized carbons (Fsp3) is 0.417. The van der Waals surface area contributed by atoms with Gasteiger partial charge in [0.15, 0.2) is 0 Å². The predicted octanol–water partition coefficient (Wildman–Crippen LogP) is 3.25. The van der Waals surface area contributed by atoms with Crippen LogP contribution in [0, 0.1) is 25.6 Å². The number of anilines is 1. The van der Waals surface area contributed by atoms with Crippen LogP contribution in [0.2, 0.25) is 5.02 Å². The molecule has 1 aromatic carbocycles. The Balaban J connectivity index is 1.57. The van der Waals surface area contributed by atoms with Gasteiger partial charge in [0.05, 0.1) is 38.9 Å². The second-order valence-corrected chi connectivity index (χ2v) is 11.8. The Hall–Kier alpha value is -3.09. The molecule has 3 heterocycles. The summed E-state index contributed by atoms with van der Waals surface area (Å²) in [4.78, 5) is 29.2. The molecule has 4 rings (SSSR count). The summed E-state index contributed by atoms with van der Waals surface area (Å²) >= 11 is 5.94. The summed E-state index contributed by atoms with van der Waals surface area (Å²) in [5.41, 5.74) is 7.16. The number of halogens is 2. The normalized spacial score (nSPS) is 15.3. The number of carbonyl (C=O) groups is 2. The highest BCUT2D eigenvalue weighted by Crippen LogP contribution is 2.28. The highest BCUT2D eigenvalue weighted by Gasteiger charge is 2.28. The third kappa shape index (κ3) is 5.46. The van der Waals surface area contributed by atoms with Gasteiger partial charge in [0, 0.05) is 31.1 Å². The van der Waals surface area contributed by atoms with Crippen LogP contribution in [0.15, 0.2) is 18.2 Å². The molecule has 1 aliphatic rings.